The van der Waals surface area contributed by atoms with Crippen molar-refractivity contribution < 1.29 is 9.90 Å². The Bertz CT molecular complexity index is 290. The van der Waals surface area contributed by atoms with E-state index in [0.29, 0.717) is 5.92 Å². The number of rotatable bonds is 3. The maximum atomic E-state index is 12.3. The minimum absolute atomic E-state index is 0.0774. The average Bonchev–Trinajstić information content (AvgIpc) is 2.39. The highest BCUT2D eigenvalue weighted by Crippen LogP contribution is 2.32. The zero-order valence-electron chi connectivity index (χ0n) is 11.4. The van der Waals surface area contributed by atoms with Crippen LogP contribution in [0.4, 0.5) is 0 Å². The van der Waals surface area contributed by atoms with Gasteiger partial charge in [-0.2, -0.15) is 0 Å². The maximum Gasteiger partial charge on any atom is 0.223 e. The molecule has 4 heteroatoms. The van der Waals surface area contributed by atoms with Crippen LogP contribution < -0.4 is 10.6 Å². The van der Waals surface area contributed by atoms with Crippen molar-refractivity contribution in [1.29, 1.82) is 0 Å². The van der Waals surface area contributed by atoms with E-state index in [0.717, 1.165) is 45.2 Å². The number of carbonyl (C=O) groups is 1. The molecule has 2 atom stereocenters. The van der Waals surface area contributed by atoms with Gasteiger partial charge >= 0.3 is 0 Å². The highest BCUT2D eigenvalue weighted by molar-refractivity contribution is 5.79. The minimum atomic E-state index is -0.348. The number of aliphatic hydroxyl groups is 1. The summed E-state index contributed by atoms with van der Waals surface area (Å²) in [6, 6.07) is 0. The van der Waals surface area contributed by atoms with Crippen LogP contribution in [0.2, 0.25) is 0 Å². The van der Waals surface area contributed by atoms with Crippen LogP contribution in [0.25, 0.3) is 0 Å². The van der Waals surface area contributed by atoms with Gasteiger partial charge in [0.05, 0.1) is 12.1 Å². The van der Waals surface area contributed by atoms with E-state index in [4.69, 9.17) is 0 Å². The smallest absolute Gasteiger partial charge is 0.223 e. The molecule has 1 aliphatic heterocycles. The second kappa shape index (κ2) is 6.02. The molecule has 1 amide bonds. The van der Waals surface area contributed by atoms with Gasteiger partial charge in [0.25, 0.3) is 0 Å². The number of amides is 1. The molecule has 2 aliphatic rings. The van der Waals surface area contributed by atoms with Gasteiger partial charge in [-0.25, -0.2) is 0 Å². The first-order valence-electron chi connectivity index (χ1n) is 7.29. The van der Waals surface area contributed by atoms with Crippen molar-refractivity contribution in [2.45, 2.75) is 51.0 Å². The van der Waals surface area contributed by atoms with E-state index in [2.05, 4.69) is 17.6 Å². The van der Waals surface area contributed by atoms with E-state index in [-0.39, 0.29) is 24.0 Å². The number of carbonyl (C=O) groups excluding carboxylic acids is 1. The summed E-state index contributed by atoms with van der Waals surface area (Å²) in [6.07, 6.45) is 6.00. The van der Waals surface area contributed by atoms with Crippen molar-refractivity contribution in [2.24, 2.45) is 11.8 Å². The summed E-state index contributed by atoms with van der Waals surface area (Å²) in [6.45, 7) is 4.15. The third-order valence-corrected chi connectivity index (χ3v) is 4.49. The summed E-state index contributed by atoms with van der Waals surface area (Å²) in [4.78, 5) is 12.3. The lowest BCUT2D eigenvalue weighted by Crippen LogP contribution is -2.56. The van der Waals surface area contributed by atoms with Gasteiger partial charge in [0.1, 0.15) is 0 Å². The molecular formula is C14H26N2O2. The van der Waals surface area contributed by atoms with Gasteiger partial charge < -0.3 is 15.7 Å². The Morgan fingerprint density at radius 3 is 2.72 bits per heavy atom. The Kier molecular flexibility index (Phi) is 4.62. The molecular weight excluding hydrogens is 228 g/mol. The first-order valence-corrected chi connectivity index (χ1v) is 7.29. The topological polar surface area (TPSA) is 61.4 Å². The molecule has 0 radical (unpaired) electrons. The van der Waals surface area contributed by atoms with Crippen molar-refractivity contribution in [3.05, 3.63) is 0 Å². The molecule has 0 bridgehead atoms. The van der Waals surface area contributed by atoms with Gasteiger partial charge in [-0.15, -0.1) is 0 Å². The number of nitrogens with one attached hydrogen (secondary N) is 2. The Morgan fingerprint density at radius 1 is 1.39 bits per heavy atom. The van der Waals surface area contributed by atoms with E-state index < -0.39 is 0 Å². The lowest BCUT2D eigenvalue weighted by molar-refractivity contribution is -0.129. The van der Waals surface area contributed by atoms with Gasteiger partial charge in [0.15, 0.2) is 0 Å². The highest BCUT2D eigenvalue weighted by atomic mass is 16.3. The summed E-state index contributed by atoms with van der Waals surface area (Å²) in [7, 11) is 0. The summed E-state index contributed by atoms with van der Waals surface area (Å²) >= 11 is 0. The molecule has 1 aliphatic carbocycles. The summed E-state index contributed by atoms with van der Waals surface area (Å²) in [5, 5.41) is 16.1. The van der Waals surface area contributed by atoms with Gasteiger partial charge in [0.2, 0.25) is 5.91 Å². The zero-order valence-corrected chi connectivity index (χ0v) is 11.4. The molecule has 18 heavy (non-hydrogen) atoms. The molecule has 104 valence electrons. The lowest BCUT2D eigenvalue weighted by atomic mass is 9.76. The van der Waals surface area contributed by atoms with Crippen LogP contribution in [-0.4, -0.2) is 36.2 Å². The van der Waals surface area contributed by atoms with E-state index in [9.17, 15) is 9.90 Å². The lowest BCUT2D eigenvalue weighted by Gasteiger charge is -2.40. The normalized spacial score (nSPS) is 34.2. The number of hydrogen-bond donors (Lipinski definition) is 3. The molecule has 1 saturated carbocycles. The number of aliphatic hydroxyl groups excluding tert-OH is 1. The molecule has 0 aromatic rings. The summed E-state index contributed by atoms with van der Waals surface area (Å²) < 4.78 is 0. The van der Waals surface area contributed by atoms with Crippen molar-refractivity contribution in [2.75, 3.05) is 19.7 Å². The molecule has 0 aromatic heterocycles. The van der Waals surface area contributed by atoms with Gasteiger partial charge in [-0.3, -0.25) is 4.79 Å². The Hall–Kier alpha value is -0.610. The highest BCUT2D eigenvalue weighted by Gasteiger charge is 2.37. The number of hydrogen-bond acceptors (Lipinski definition) is 3. The van der Waals surface area contributed by atoms with Crippen LogP contribution in [0.15, 0.2) is 0 Å². The Balaban J connectivity index is 1.94. The fourth-order valence-corrected chi connectivity index (χ4v) is 3.40. The fourth-order valence-electron chi connectivity index (χ4n) is 3.40. The van der Waals surface area contributed by atoms with E-state index in [1.807, 2.05) is 0 Å². The molecule has 0 spiro atoms. The largest absolute Gasteiger partial charge is 0.394 e. The van der Waals surface area contributed by atoms with Crippen LogP contribution in [-0.2, 0) is 4.79 Å². The standard InChI is InChI=1S/C14H26N2O2/c1-11-3-2-6-14(9-11,10-17)16-13(18)12-4-7-15-8-5-12/h11-12,15,17H,2-10H2,1H3,(H,16,18). The Labute approximate surface area is 110 Å². The molecule has 1 heterocycles. The number of piperidine rings is 1. The quantitative estimate of drug-likeness (QED) is 0.705. The SMILES string of the molecule is CC1CCCC(CO)(NC(=O)C2CCNCC2)C1. The molecule has 2 rings (SSSR count). The molecule has 1 saturated heterocycles. The van der Waals surface area contributed by atoms with Crippen molar-refractivity contribution in [3.63, 3.8) is 0 Å². The van der Waals surface area contributed by atoms with Gasteiger partial charge in [-0.05, 0) is 44.7 Å². The van der Waals surface area contributed by atoms with Crippen molar-refractivity contribution in [3.8, 4) is 0 Å². The van der Waals surface area contributed by atoms with Crippen LogP contribution in [0.1, 0.15) is 45.4 Å². The van der Waals surface area contributed by atoms with E-state index >= 15 is 0 Å². The van der Waals surface area contributed by atoms with E-state index in [1.165, 1.54) is 6.42 Å². The predicted molar refractivity (Wildman–Crippen MR) is 71.2 cm³/mol. The zero-order chi connectivity index (χ0) is 13.0. The van der Waals surface area contributed by atoms with Gasteiger partial charge in [0, 0.05) is 5.92 Å². The van der Waals surface area contributed by atoms with Crippen LogP contribution >= 0.6 is 0 Å². The first-order chi connectivity index (χ1) is 8.65. The van der Waals surface area contributed by atoms with Crippen LogP contribution in [0.5, 0.6) is 0 Å². The first kappa shape index (κ1) is 13.8. The second-order valence-electron chi connectivity index (χ2n) is 6.15. The third kappa shape index (κ3) is 3.23. The second-order valence-corrected chi connectivity index (χ2v) is 6.15. The maximum absolute atomic E-state index is 12.3. The van der Waals surface area contributed by atoms with E-state index in [1.54, 1.807) is 0 Å². The predicted octanol–water partition coefficient (Wildman–Crippen LogP) is 1.04. The molecule has 0 aromatic carbocycles. The van der Waals surface area contributed by atoms with Crippen molar-refractivity contribution >= 4 is 5.91 Å². The monoisotopic (exact) mass is 254 g/mol. The summed E-state index contributed by atoms with van der Waals surface area (Å²) in [5.74, 6) is 0.880. The minimum Gasteiger partial charge on any atom is -0.394 e. The molecule has 2 fully saturated rings. The van der Waals surface area contributed by atoms with Crippen LogP contribution in [0, 0.1) is 11.8 Å². The summed E-state index contributed by atoms with van der Waals surface area (Å²) in [5.41, 5.74) is -0.348. The fraction of sp³-hybridized carbons (Fsp3) is 0.929. The van der Waals surface area contributed by atoms with Crippen LogP contribution in [0.3, 0.4) is 0 Å². The Morgan fingerprint density at radius 2 is 2.11 bits per heavy atom. The van der Waals surface area contributed by atoms with Gasteiger partial charge in [-0.1, -0.05) is 19.8 Å². The average molecular weight is 254 g/mol. The van der Waals surface area contributed by atoms with Crippen molar-refractivity contribution in [1.82, 2.24) is 10.6 Å². The molecule has 3 N–H and O–H groups in total. The molecule has 2 unspecified atom stereocenters. The third-order valence-electron chi connectivity index (χ3n) is 4.49. The molecule has 4 nitrogen and oxygen atoms in total.